The molecule has 0 bridgehead atoms. The van der Waals surface area contributed by atoms with Gasteiger partial charge in [0.1, 0.15) is 0 Å². The summed E-state index contributed by atoms with van der Waals surface area (Å²) < 4.78 is 0. The Hall–Kier alpha value is 0.864. The normalized spacial score (nSPS) is 5.00. The Morgan fingerprint density at radius 1 is 1.80 bits per heavy atom. The van der Waals surface area contributed by atoms with Gasteiger partial charge in [0, 0.05) is 44.3 Å². The van der Waals surface area contributed by atoms with Crippen LogP contribution >= 0.6 is 11.6 Å². The summed E-state index contributed by atoms with van der Waals surface area (Å²) in [5.41, 5.74) is -1.36. The van der Waals surface area contributed by atoms with E-state index in [4.69, 9.17) is 9.90 Å². The zero-order valence-electron chi connectivity index (χ0n) is 2.31. The van der Waals surface area contributed by atoms with Crippen molar-refractivity contribution in [2.75, 3.05) is 0 Å². The minimum Gasteiger partial charge on any atom is -0.469 e. The average molecular weight is 169 g/mol. The van der Waals surface area contributed by atoms with E-state index in [0.717, 1.165) is 0 Å². The molecule has 0 atom stereocenters. The molecule has 0 aromatic rings. The van der Waals surface area contributed by atoms with Crippen molar-refractivity contribution in [3.05, 3.63) is 0 Å². The summed E-state index contributed by atoms with van der Waals surface area (Å²) >= 11 is 4.19. The van der Waals surface area contributed by atoms with Crippen LogP contribution in [-0.2, 0) is 32.7 Å². The predicted molar refractivity (Wildman–Crippen MR) is 13.9 cm³/mol. The van der Waals surface area contributed by atoms with Gasteiger partial charge in [0.15, 0.2) is 0 Å². The van der Waals surface area contributed by atoms with E-state index in [9.17, 15) is 0 Å². The molecule has 0 heterocycles. The maximum absolute atomic E-state index is 8.77. The van der Waals surface area contributed by atoms with E-state index in [1.807, 2.05) is 0 Å². The quantitative estimate of drug-likeness (QED) is 0.547. The number of hydrogen-bond donors (Lipinski definition) is 1. The number of carboxylic acid groups (broad SMARTS) is 1. The van der Waals surface area contributed by atoms with Gasteiger partial charge in [-0.2, -0.15) is 0 Å². The molecular weight excluding hydrogens is 168 g/mol. The van der Waals surface area contributed by atoms with E-state index in [-0.39, 0.29) is 32.7 Å². The zero-order valence-corrected chi connectivity index (χ0v) is 5.91. The Kier molecular flexibility index (Phi) is 9.04. The van der Waals surface area contributed by atoms with Crippen LogP contribution in [0.25, 0.3) is 0 Å². The first-order valence-corrected chi connectivity index (χ1v) is 0.995. The Morgan fingerprint density at radius 3 is 1.80 bits per heavy atom. The van der Waals surface area contributed by atoms with Crippen molar-refractivity contribution in [3.63, 3.8) is 0 Å². The van der Waals surface area contributed by atoms with Gasteiger partial charge in [0.25, 0.3) is 0 Å². The van der Waals surface area contributed by atoms with Gasteiger partial charge < -0.3 is 5.11 Å². The number of halogens is 1. The second-order valence-electron chi connectivity index (χ2n) is 0.253. The first kappa shape index (κ1) is 9.29. The molecule has 0 amide bonds. The van der Waals surface area contributed by atoms with E-state index in [2.05, 4.69) is 11.6 Å². The fraction of sp³-hybridized carbons (Fsp3) is 0. The van der Waals surface area contributed by atoms with Gasteiger partial charge in [0.2, 0.25) is 0 Å². The first-order chi connectivity index (χ1) is 1.73. The Bertz CT molecular complexity index is 32.6. The van der Waals surface area contributed by atoms with Crippen molar-refractivity contribution >= 4 is 17.0 Å². The van der Waals surface area contributed by atoms with E-state index in [0.29, 0.717) is 0 Å². The molecule has 2 nitrogen and oxygen atoms in total. The second kappa shape index (κ2) is 4.86. The van der Waals surface area contributed by atoms with Gasteiger partial charge in [-0.3, -0.25) is 0 Å². The number of hydrogen-bond acceptors (Lipinski definition) is 1. The molecule has 0 rings (SSSR count). The molecule has 0 saturated heterocycles. The fourth-order valence-electron chi connectivity index (χ4n) is 0. The van der Waals surface area contributed by atoms with E-state index < -0.39 is 5.43 Å². The maximum Gasteiger partial charge on any atom is 0.401 e. The van der Waals surface area contributed by atoms with Crippen LogP contribution in [0, 0.1) is 0 Å². The molecule has 0 fully saturated rings. The Labute approximate surface area is 59.4 Å². The molecule has 1 radical (unpaired) electrons. The Balaban J connectivity index is 0. The van der Waals surface area contributed by atoms with Crippen LogP contribution < -0.4 is 0 Å². The van der Waals surface area contributed by atoms with Crippen molar-refractivity contribution in [1.82, 2.24) is 0 Å². The first-order valence-electron chi connectivity index (χ1n) is 0.617. The molecule has 0 aliphatic carbocycles. The number of carbonyl (C=O) groups is 1. The summed E-state index contributed by atoms with van der Waals surface area (Å²) in [5.74, 6) is 0. The summed E-state index contributed by atoms with van der Waals surface area (Å²) in [6, 6.07) is 0. The van der Waals surface area contributed by atoms with Crippen molar-refractivity contribution in [2.45, 2.75) is 0 Å². The molecule has 0 aliphatic heterocycles. The minimum absolute atomic E-state index is 0. The van der Waals surface area contributed by atoms with Crippen molar-refractivity contribution in [2.24, 2.45) is 0 Å². The van der Waals surface area contributed by atoms with E-state index in [1.165, 1.54) is 0 Å². The van der Waals surface area contributed by atoms with Crippen molar-refractivity contribution < 1.29 is 42.6 Å². The zero-order chi connectivity index (χ0) is 3.58. The van der Waals surface area contributed by atoms with Gasteiger partial charge in [-0.15, -0.1) is 0 Å². The minimum atomic E-state index is -1.36. The average Bonchev–Trinajstić information content (AvgIpc) is 0.811. The van der Waals surface area contributed by atoms with Gasteiger partial charge in [-0.1, -0.05) is 0 Å². The van der Waals surface area contributed by atoms with Gasteiger partial charge in [0.05, 0.1) is 0 Å². The summed E-state index contributed by atoms with van der Waals surface area (Å²) in [5, 5.41) is 7.18. The topological polar surface area (TPSA) is 37.3 Å². The van der Waals surface area contributed by atoms with Crippen LogP contribution in [0.5, 0.6) is 0 Å². The second-order valence-corrected chi connectivity index (χ2v) is 0.576. The van der Waals surface area contributed by atoms with Gasteiger partial charge >= 0.3 is 5.43 Å². The van der Waals surface area contributed by atoms with Gasteiger partial charge in [-0.05, 0) is 0 Å². The third kappa shape index (κ3) is 53.5. The standard InChI is InChI=1S/CHClO2.Y/c2-1(3)4;/h(H,3,4);. The number of rotatable bonds is 0. The van der Waals surface area contributed by atoms with E-state index in [1.54, 1.807) is 0 Å². The monoisotopic (exact) mass is 169 g/mol. The molecule has 0 aliphatic rings. The molecule has 0 unspecified atom stereocenters. The third-order valence-corrected chi connectivity index (χ3v) is 0. The van der Waals surface area contributed by atoms with Gasteiger partial charge in [-0.25, -0.2) is 4.79 Å². The predicted octanol–water partition coefficient (Wildman–Crippen LogP) is 0.901. The van der Waals surface area contributed by atoms with E-state index >= 15 is 0 Å². The molecule has 0 aromatic carbocycles. The van der Waals surface area contributed by atoms with Crippen LogP contribution in [-0.4, -0.2) is 10.5 Å². The molecule has 0 spiro atoms. The summed E-state index contributed by atoms with van der Waals surface area (Å²) in [6.45, 7) is 0. The van der Waals surface area contributed by atoms with Crippen LogP contribution in [0.1, 0.15) is 0 Å². The summed E-state index contributed by atoms with van der Waals surface area (Å²) in [4.78, 5) is 8.77. The molecule has 5 heavy (non-hydrogen) atoms. The molecule has 4 heteroatoms. The SMILES string of the molecule is O=C(O)Cl.[Y]. The summed E-state index contributed by atoms with van der Waals surface area (Å²) in [7, 11) is 0. The van der Waals surface area contributed by atoms with Crippen LogP contribution in [0.2, 0.25) is 0 Å². The molecule has 27 valence electrons. The molecule has 1 N–H and O–H groups in total. The molecule has 0 aromatic heterocycles. The largest absolute Gasteiger partial charge is 0.469 e. The summed E-state index contributed by atoms with van der Waals surface area (Å²) in [6.07, 6.45) is 0. The van der Waals surface area contributed by atoms with Crippen LogP contribution in [0.4, 0.5) is 4.79 Å². The molecule has 0 saturated carbocycles. The van der Waals surface area contributed by atoms with Crippen molar-refractivity contribution in [3.8, 4) is 0 Å². The maximum atomic E-state index is 8.77. The Morgan fingerprint density at radius 2 is 1.80 bits per heavy atom. The fourth-order valence-corrected chi connectivity index (χ4v) is 0. The van der Waals surface area contributed by atoms with Crippen LogP contribution in [0.15, 0.2) is 0 Å². The smallest absolute Gasteiger partial charge is 0.401 e. The van der Waals surface area contributed by atoms with Crippen LogP contribution in [0.3, 0.4) is 0 Å². The van der Waals surface area contributed by atoms with Crippen molar-refractivity contribution in [1.29, 1.82) is 0 Å². The third-order valence-electron chi connectivity index (χ3n) is 0. The molecular formula is CHClO2Y.